The van der Waals surface area contributed by atoms with Gasteiger partial charge in [0.25, 0.3) is 5.91 Å². The van der Waals surface area contributed by atoms with Crippen LogP contribution in [0.2, 0.25) is 0 Å². The molecular formula is C20H24FN3O2. The first-order chi connectivity index (χ1) is 12.5. The van der Waals surface area contributed by atoms with E-state index in [9.17, 15) is 9.18 Å². The van der Waals surface area contributed by atoms with Gasteiger partial charge in [-0.15, -0.1) is 0 Å². The van der Waals surface area contributed by atoms with Gasteiger partial charge in [0.2, 0.25) is 0 Å². The van der Waals surface area contributed by atoms with Crippen LogP contribution in [0.15, 0.2) is 42.5 Å². The lowest BCUT2D eigenvalue weighted by molar-refractivity contribution is 0.0951. The van der Waals surface area contributed by atoms with Crippen LogP contribution in [0.5, 0.6) is 5.75 Å². The van der Waals surface area contributed by atoms with Gasteiger partial charge >= 0.3 is 0 Å². The number of carbonyl (C=O) groups excluding carboxylic acids is 1. The first kappa shape index (κ1) is 19.4. The second kappa shape index (κ2) is 9.56. The molecule has 1 aromatic heterocycles. The van der Waals surface area contributed by atoms with Gasteiger partial charge in [-0.05, 0) is 31.5 Å². The molecule has 138 valence electrons. The third kappa shape index (κ3) is 5.31. The monoisotopic (exact) mass is 357 g/mol. The van der Waals surface area contributed by atoms with E-state index in [1.165, 1.54) is 0 Å². The number of pyridine rings is 1. The molecule has 0 unspecified atom stereocenters. The SMILES string of the molecule is CCC/C=C/COc1cccc(CNC(=O)c2ccc(C)nc2N)c1F. The molecule has 0 spiro atoms. The number of rotatable bonds is 8. The maximum Gasteiger partial charge on any atom is 0.255 e. The van der Waals surface area contributed by atoms with Crippen LogP contribution in [0.25, 0.3) is 0 Å². The lowest BCUT2D eigenvalue weighted by Crippen LogP contribution is -2.24. The molecule has 26 heavy (non-hydrogen) atoms. The fourth-order valence-electron chi connectivity index (χ4n) is 2.33. The van der Waals surface area contributed by atoms with E-state index < -0.39 is 11.7 Å². The number of halogens is 1. The lowest BCUT2D eigenvalue weighted by atomic mass is 10.1. The maximum absolute atomic E-state index is 14.5. The van der Waals surface area contributed by atoms with Crippen molar-refractivity contribution in [3.05, 3.63) is 65.1 Å². The fourth-order valence-corrected chi connectivity index (χ4v) is 2.33. The molecule has 0 saturated carbocycles. The molecule has 0 atom stereocenters. The van der Waals surface area contributed by atoms with E-state index in [2.05, 4.69) is 17.2 Å². The summed E-state index contributed by atoms with van der Waals surface area (Å²) >= 11 is 0. The van der Waals surface area contributed by atoms with Crippen LogP contribution in [0.3, 0.4) is 0 Å². The number of nitrogens with one attached hydrogen (secondary N) is 1. The van der Waals surface area contributed by atoms with E-state index in [4.69, 9.17) is 10.5 Å². The van der Waals surface area contributed by atoms with E-state index in [1.807, 2.05) is 12.2 Å². The van der Waals surface area contributed by atoms with Gasteiger partial charge in [0.15, 0.2) is 11.6 Å². The van der Waals surface area contributed by atoms with Gasteiger partial charge in [-0.25, -0.2) is 9.37 Å². The molecule has 0 aliphatic rings. The van der Waals surface area contributed by atoms with Gasteiger partial charge in [0.05, 0.1) is 5.56 Å². The van der Waals surface area contributed by atoms with Gasteiger partial charge in [-0.1, -0.05) is 37.6 Å². The standard InChI is InChI=1S/C20H24FN3O2/c1-3-4-5-6-12-26-17-9-7-8-15(18(17)21)13-23-20(25)16-11-10-14(2)24-19(16)22/h5-11H,3-4,12-13H2,1-2H3,(H2,22,24)(H,23,25)/b6-5+. The Morgan fingerprint density at radius 1 is 1.31 bits per heavy atom. The molecule has 6 heteroatoms. The zero-order valence-corrected chi connectivity index (χ0v) is 15.1. The minimum atomic E-state index is -0.480. The molecule has 3 N–H and O–H groups in total. The predicted molar refractivity (Wildman–Crippen MR) is 100 cm³/mol. The Kier molecular flexibility index (Phi) is 7.14. The summed E-state index contributed by atoms with van der Waals surface area (Å²) in [5.74, 6) is -0.566. The highest BCUT2D eigenvalue weighted by atomic mass is 19.1. The molecule has 0 bridgehead atoms. The third-order valence-corrected chi connectivity index (χ3v) is 3.75. The number of unbranched alkanes of at least 4 members (excludes halogenated alkanes) is 1. The molecule has 2 rings (SSSR count). The normalized spacial score (nSPS) is 10.9. The lowest BCUT2D eigenvalue weighted by Gasteiger charge is -2.11. The summed E-state index contributed by atoms with van der Waals surface area (Å²) in [4.78, 5) is 16.3. The molecule has 0 saturated heterocycles. The average Bonchev–Trinajstić information content (AvgIpc) is 2.61. The van der Waals surface area contributed by atoms with Crippen molar-refractivity contribution in [3.63, 3.8) is 0 Å². The highest BCUT2D eigenvalue weighted by Gasteiger charge is 2.13. The molecule has 0 fully saturated rings. The van der Waals surface area contributed by atoms with Crippen LogP contribution < -0.4 is 15.8 Å². The van der Waals surface area contributed by atoms with E-state index in [1.54, 1.807) is 37.3 Å². The summed E-state index contributed by atoms with van der Waals surface area (Å²) in [6.45, 7) is 4.21. The highest BCUT2D eigenvalue weighted by molar-refractivity contribution is 5.98. The first-order valence-electron chi connectivity index (χ1n) is 8.59. The van der Waals surface area contributed by atoms with Gasteiger partial charge in [0.1, 0.15) is 12.4 Å². The van der Waals surface area contributed by atoms with Gasteiger partial charge in [-0.2, -0.15) is 0 Å². The smallest absolute Gasteiger partial charge is 0.255 e. The number of carbonyl (C=O) groups is 1. The van der Waals surface area contributed by atoms with Crippen molar-refractivity contribution in [2.75, 3.05) is 12.3 Å². The maximum atomic E-state index is 14.5. The summed E-state index contributed by atoms with van der Waals surface area (Å²) in [5, 5.41) is 2.66. The van der Waals surface area contributed by atoms with Crippen molar-refractivity contribution in [2.24, 2.45) is 0 Å². The number of ether oxygens (including phenoxy) is 1. The molecule has 1 amide bonds. The second-order valence-electron chi connectivity index (χ2n) is 5.87. The quantitative estimate of drug-likeness (QED) is 0.705. The van der Waals surface area contributed by atoms with Crippen LogP contribution in [-0.2, 0) is 6.54 Å². The molecular weight excluding hydrogens is 333 g/mol. The number of amides is 1. The summed E-state index contributed by atoms with van der Waals surface area (Å²) in [7, 11) is 0. The topological polar surface area (TPSA) is 77.2 Å². The van der Waals surface area contributed by atoms with Crippen molar-refractivity contribution in [1.82, 2.24) is 10.3 Å². The van der Waals surface area contributed by atoms with E-state index in [-0.39, 0.29) is 23.7 Å². The van der Waals surface area contributed by atoms with Crippen molar-refractivity contribution in [3.8, 4) is 5.75 Å². The minimum Gasteiger partial charge on any atom is -0.486 e. The summed E-state index contributed by atoms with van der Waals surface area (Å²) in [6, 6.07) is 8.16. The van der Waals surface area contributed by atoms with Crippen LogP contribution >= 0.6 is 0 Å². The largest absolute Gasteiger partial charge is 0.486 e. The Morgan fingerprint density at radius 3 is 2.85 bits per heavy atom. The van der Waals surface area contributed by atoms with E-state index >= 15 is 0 Å². The number of hydrogen-bond donors (Lipinski definition) is 2. The Labute approximate surface area is 153 Å². The van der Waals surface area contributed by atoms with Crippen molar-refractivity contribution < 1.29 is 13.9 Å². The number of anilines is 1. The van der Waals surface area contributed by atoms with Crippen molar-refractivity contribution in [1.29, 1.82) is 0 Å². The van der Waals surface area contributed by atoms with Gasteiger partial charge in [0, 0.05) is 17.8 Å². The molecule has 1 heterocycles. The minimum absolute atomic E-state index is 0.0286. The molecule has 0 aliphatic heterocycles. The van der Waals surface area contributed by atoms with Gasteiger partial charge < -0.3 is 15.8 Å². The Hall–Kier alpha value is -2.89. The Balaban J connectivity index is 1.99. The number of nitrogen functional groups attached to an aromatic ring is 1. The Morgan fingerprint density at radius 2 is 2.12 bits per heavy atom. The van der Waals surface area contributed by atoms with Crippen LogP contribution in [0.4, 0.5) is 10.2 Å². The zero-order chi connectivity index (χ0) is 18.9. The summed E-state index contributed by atoms with van der Waals surface area (Å²) in [6.07, 6.45) is 5.89. The van der Waals surface area contributed by atoms with E-state index in [0.717, 1.165) is 18.5 Å². The molecule has 0 radical (unpaired) electrons. The fraction of sp³-hybridized carbons (Fsp3) is 0.300. The number of aryl methyl sites for hydroxylation is 1. The number of aromatic nitrogens is 1. The highest BCUT2D eigenvalue weighted by Crippen LogP contribution is 2.20. The number of benzene rings is 1. The Bertz CT molecular complexity index is 791. The first-order valence-corrected chi connectivity index (χ1v) is 8.59. The summed E-state index contributed by atoms with van der Waals surface area (Å²) in [5.41, 5.74) is 7.10. The predicted octanol–water partition coefficient (Wildman–Crippen LogP) is 3.78. The van der Waals surface area contributed by atoms with Crippen LogP contribution in [0, 0.1) is 12.7 Å². The van der Waals surface area contributed by atoms with Crippen LogP contribution in [-0.4, -0.2) is 17.5 Å². The van der Waals surface area contributed by atoms with E-state index in [0.29, 0.717) is 12.2 Å². The van der Waals surface area contributed by atoms with Crippen LogP contribution in [0.1, 0.15) is 41.4 Å². The number of allylic oxidation sites excluding steroid dienone is 1. The zero-order valence-electron chi connectivity index (χ0n) is 15.1. The average molecular weight is 357 g/mol. The number of nitrogens with two attached hydrogens (primary N) is 1. The molecule has 1 aromatic carbocycles. The molecule has 2 aromatic rings. The van der Waals surface area contributed by atoms with Gasteiger partial charge in [-0.3, -0.25) is 4.79 Å². The van der Waals surface area contributed by atoms with Crippen molar-refractivity contribution >= 4 is 11.7 Å². The number of nitrogens with zero attached hydrogens (tertiary/aromatic N) is 1. The second-order valence-corrected chi connectivity index (χ2v) is 5.87. The molecule has 0 aliphatic carbocycles. The summed E-state index contributed by atoms with van der Waals surface area (Å²) < 4.78 is 19.9. The molecule has 5 nitrogen and oxygen atoms in total. The van der Waals surface area contributed by atoms with Crippen molar-refractivity contribution in [2.45, 2.75) is 33.2 Å². The third-order valence-electron chi connectivity index (χ3n) is 3.75. The number of hydrogen-bond acceptors (Lipinski definition) is 4.